The zero-order valence-corrected chi connectivity index (χ0v) is 13.0. The lowest BCUT2D eigenvalue weighted by molar-refractivity contribution is -0.919. The molecule has 1 heterocycles. The van der Waals surface area contributed by atoms with Crippen LogP contribution < -0.4 is 4.90 Å². The minimum atomic E-state index is 0.774. The standard InChI is InChI=1S/C20H22N2/c21-15-19-7-4-8-20(14-19)16-22-11-9-18(10-12-22)13-17-5-2-1-3-6-17/h1-8,14,18H,9-13,16H2/p+1. The molecule has 0 aromatic heterocycles. The number of benzene rings is 2. The predicted molar refractivity (Wildman–Crippen MR) is 88.4 cm³/mol. The van der Waals surface area contributed by atoms with Crippen molar-refractivity contribution in [3.05, 3.63) is 71.3 Å². The largest absolute Gasteiger partial charge is 0.331 e. The van der Waals surface area contributed by atoms with Crippen LogP contribution in [0.1, 0.15) is 29.5 Å². The van der Waals surface area contributed by atoms with Gasteiger partial charge in [-0.1, -0.05) is 42.5 Å². The zero-order chi connectivity index (χ0) is 15.2. The minimum Gasteiger partial charge on any atom is -0.331 e. The number of quaternary nitrogens is 1. The van der Waals surface area contributed by atoms with Crippen LogP contribution in [-0.4, -0.2) is 13.1 Å². The Morgan fingerprint density at radius 3 is 2.41 bits per heavy atom. The van der Waals surface area contributed by atoms with Gasteiger partial charge in [-0.15, -0.1) is 0 Å². The van der Waals surface area contributed by atoms with E-state index in [1.807, 2.05) is 18.2 Å². The molecule has 22 heavy (non-hydrogen) atoms. The summed E-state index contributed by atoms with van der Waals surface area (Å²) in [6.07, 6.45) is 3.84. The maximum atomic E-state index is 8.99. The molecule has 0 amide bonds. The number of hydrogen-bond donors (Lipinski definition) is 1. The predicted octanol–water partition coefficient (Wildman–Crippen LogP) is 2.60. The van der Waals surface area contributed by atoms with Gasteiger partial charge in [0.1, 0.15) is 6.54 Å². The lowest BCUT2D eigenvalue weighted by Gasteiger charge is -2.29. The van der Waals surface area contributed by atoms with E-state index in [2.05, 4.69) is 42.5 Å². The van der Waals surface area contributed by atoms with Gasteiger partial charge in [0.05, 0.1) is 24.7 Å². The van der Waals surface area contributed by atoms with Crippen molar-refractivity contribution in [2.24, 2.45) is 5.92 Å². The molecular weight excluding hydrogens is 268 g/mol. The van der Waals surface area contributed by atoms with Gasteiger partial charge in [0, 0.05) is 5.56 Å². The zero-order valence-electron chi connectivity index (χ0n) is 13.0. The van der Waals surface area contributed by atoms with Crippen LogP contribution in [-0.2, 0) is 13.0 Å². The fourth-order valence-electron chi connectivity index (χ4n) is 3.45. The number of likely N-dealkylation sites (tertiary alicyclic amines) is 1. The molecule has 1 saturated heterocycles. The lowest BCUT2D eigenvalue weighted by Crippen LogP contribution is -3.11. The highest BCUT2D eigenvalue weighted by atomic mass is 15.1. The molecule has 2 aromatic carbocycles. The second-order valence-electron chi connectivity index (χ2n) is 6.37. The molecule has 1 fully saturated rings. The molecular formula is C20H23N2+. The number of rotatable bonds is 4. The monoisotopic (exact) mass is 291 g/mol. The van der Waals surface area contributed by atoms with E-state index < -0.39 is 0 Å². The van der Waals surface area contributed by atoms with E-state index in [1.165, 1.54) is 43.5 Å². The summed E-state index contributed by atoms with van der Waals surface area (Å²) in [7, 11) is 0. The highest BCUT2D eigenvalue weighted by Gasteiger charge is 2.22. The van der Waals surface area contributed by atoms with Crippen LogP contribution in [0.5, 0.6) is 0 Å². The van der Waals surface area contributed by atoms with Gasteiger partial charge in [-0.25, -0.2) is 0 Å². The molecule has 0 bridgehead atoms. The third-order valence-electron chi connectivity index (χ3n) is 4.69. The number of hydrogen-bond acceptors (Lipinski definition) is 1. The Labute approximate surface area is 133 Å². The number of nitrogens with zero attached hydrogens (tertiary/aromatic N) is 1. The van der Waals surface area contributed by atoms with E-state index in [4.69, 9.17) is 5.26 Å². The Morgan fingerprint density at radius 2 is 1.68 bits per heavy atom. The Morgan fingerprint density at radius 1 is 0.955 bits per heavy atom. The van der Waals surface area contributed by atoms with E-state index in [0.717, 1.165) is 18.0 Å². The van der Waals surface area contributed by atoms with E-state index in [1.54, 1.807) is 4.90 Å². The summed E-state index contributed by atoms with van der Waals surface area (Å²) >= 11 is 0. The van der Waals surface area contributed by atoms with Gasteiger partial charge in [0.15, 0.2) is 0 Å². The van der Waals surface area contributed by atoms with Gasteiger partial charge in [-0.3, -0.25) is 0 Å². The van der Waals surface area contributed by atoms with Crippen molar-refractivity contribution >= 4 is 0 Å². The second-order valence-corrected chi connectivity index (χ2v) is 6.37. The number of piperidine rings is 1. The average molecular weight is 291 g/mol. The summed E-state index contributed by atoms with van der Waals surface area (Å²) in [6.45, 7) is 3.54. The first-order chi connectivity index (χ1) is 10.8. The van der Waals surface area contributed by atoms with Gasteiger partial charge < -0.3 is 4.90 Å². The summed E-state index contributed by atoms with van der Waals surface area (Å²) in [4.78, 5) is 1.65. The minimum absolute atomic E-state index is 0.774. The smallest absolute Gasteiger partial charge is 0.103 e. The van der Waals surface area contributed by atoms with E-state index in [9.17, 15) is 0 Å². The topological polar surface area (TPSA) is 28.2 Å². The van der Waals surface area contributed by atoms with Crippen molar-refractivity contribution in [2.75, 3.05) is 13.1 Å². The first-order valence-electron chi connectivity index (χ1n) is 8.20. The molecule has 3 rings (SSSR count). The van der Waals surface area contributed by atoms with E-state index in [0.29, 0.717) is 0 Å². The number of nitriles is 1. The fraction of sp³-hybridized carbons (Fsp3) is 0.350. The van der Waals surface area contributed by atoms with Gasteiger partial charge in [0.25, 0.3) is 0 Å². The van der Waals surface area contributed by atoms with Crippen LogP contribution in [0.3, 0.4) is 0 Å². The SMILES string of the molecule is N#Cc1cccc(C[NH+]2CCC(Cc3ccccc3)CC2)c1. The second kappa shape index (κ2) is 7.24. The molecule has 1 N–H and O–H groups in total. The van der Waals surface area contributed by atoms with Crippen molar-refractivity contribution in [1.82, 2.24) is 0 Å². The molecule has 0 radical (unpaired) electrons. The van der Waals surface area contributed by atoms with E-state index >= 15 is 0 Å². The molecule has 0 atom stereocenters. The van der Waals surface area contributed by atoms with Crippen LogP contribution in [0, 0.1) is 17.2 Å². The summed E-state index contributed by atoms with van der Waals surface area (Å²) in [5.41, 5.74) is 3.53. The third-order valence-corrected chi connectivity index (χ3v) is 4.69. The Hall–Kier alpha value is -2.11. The molecule has 2 aromatic rings. The lowest BCUT2D eigenvalue weighted by atomic mass is 9.90. The maximum Gasteiger partial charge on any atom is 0.103 e. The average Bonchev–Trinajstić information content (AvgIpc) is 2.58. The Bertz CT molecular complexity index is 634. The first kappa shape index (κ1) is 14.8. The molecule has 1 aliphatic rings. The van der Waals surface area contributed by atoms with Crippen molar-refractivity contribution in [3.63, 3.8) is 0 Å². The maximum absolute atomic E-state index is 8.99. The first-order valence-corrected chi connectivity index (χ1v) is 8.20. The van der Waals surface area contributed by atoms with Gasteiger partial charge in [0.2, 0.25) is 0 Å². The molecule has 0 unspecified atom stereocenters. The summed E-state index contributed by atoms with van der Waals surface area (Å²) in [5, 5.41) is 8.99. The van der Waals surface area contributed by atoms with Crippen LogP contribution in [0.4, 0.5) is 0 Å². The van der Waals surface area contributed by atoms with Crippen LogP contribution in [0.2, 0.25) is 0 Å². The van der Waals surface area contributed by atoms with Crippen LogP contribution in [0.15, 0.2) is 54.6 Å². The Balaban J connectivity index is 1.50. The molecule has 112 valence electrons. The van der Waals surface area contributed by atoms with Crippen LogP contribution >= 0.6 is 0 Å². The van der Waals surface area contributed by atoms with Crippen molar-refractivity contribution < 1.29 is 4.90 Å². The molecule has 2 nitrogen and oxygen atoms in total. The summed E-state index contributed by atoms with van der Waals surface area (Å²) in [6, 6.07) is 21.1. The van der Waals surface area contributed by atoms with E-state index in [-0.39, 0.29) is 0 Å². The normalized spacial score (nSPS) is 21.2. The van der Waals surface area contributed by atoms with Crippen molar-refractivity contribution in [1.29, 1.82) is 5.26 Å². The van der Waals surface area contributed by atoms with Crippen molar-refractivity contribution in [3.8, 4) is 6.07 Å². The summed E-state index contributed by atoms with van der Waals surface area (Å²) < 4.78 is 0. The van der Waals surface area contributed by atoms with Gasteiger partial charge in [-0.05, 0) is 42.9 Å². The van der Waals surface area contributed by atoms with Gasteiger partial charge in [-0.2, -0.15) is 5.26 Å². The molecule has 0 spiro atoms. The highest BCUT2D eigenvalue weighted by molar-refractivity contribution is 5.32. The summed E-state index contributed by atoms with van der Waals surface area (Å²) in [5.74, 6) is 0.830. The van der Waals surface area contributed by atoms with Gasteiger partial charge >= 0.3 is 0 Å². The molecule has 0 aliphatic carbocycles. The van der Waals surface area contributed by atoms with Crippen molar-refractivity contribution in [2.45, 2.75) is 25.8 Å². The quantitative estimate of drug-likeness (QED) is 0.921. The Kier molecular flexibility index (Phi) is 4.88. The number of nitrogens with one attached hydrogen (secondary N) is 1. The fourth-order valence-corrected chi connectivity index (χ4v) is 3.45. The highest BCUT2D eigenvalue weighted by Crippen LogP contribution is 2.16. The molecule has 2 heteroatoms. The third kappa shape index (κ3) is 3.96. The molecule has 1 aliphatic heterocycles. The molecule has 0 saturated carbocycles. The van der Waals surface area contributed by atoms with Crippen LogP contribution in [0.25, 0.3) is 0 Å².